The van der Waals surface area contributed by atoms with E-state index in [2.05, 4.69) is 38.0 Å². The monoisotopic (exact) mass is 383 g/mol. The predicted molar refractivity (Wildman–Crippen MR) is 113 cm³/mol. The lowest BCUT2D eigenvalue weighted by atomic mass is 9.79. The van der Waals surface area contributed by atoms with Gasteiger partial charge < -0.3 is 20.7 Å². The molecule has 2 fully saturated rings. The molecule has 0 aromatic carbocycles. The molecule has 2 rings (SSSR count). The van der Waals surface area contributed by atoms with Gasteiger partial charge in [0.1, 0.15) is 5.84 Å². The van der Waals surface area contributed by atoms with Gasteiger partial charge in [-0.25, -0.2) is 10.0 Å². The molecule has 0 saturated carbocycles. The fraction of sp³-hybridized carbons (Fsp3) is 0.895. The van der Waals surface area contributed by atoms with Crippen molar-refractivity contribution in [2.24, 2.45) is 22.5 Å². The van der Waals surface area contributed by atoms with Gasteiger partial charge in [-0.1, -0.05) is 13.8 Å². The second-order valence-corrected chi connectivity index (χ2v) is 9.23. The SMILES string of the molecule is CC(C)/C(N)=N/C(=N)N1CCOCC1.CN(N)C1CC(C)(C)NC(C)(C)C1. The van der Waals surface area contributed by atoms with Crippen LogP contribution in [0.4, 0.5) is 0 Å². The van der Waals surface area contributed by atoms with E-state index in [-0.39, 0.29) is 23.0 Å². The third-order valence-electron chi connectivity index (χ3n) is 4.88. The Kier molecular flexibility index (Phi) is 8.66. The summed E-state index contributed by atoms with van der Waals surface area (Å²) in [5.41, 5.74) is 6.06. The lowest BCUT2D eigenvalue weighted by Gasteiger charge is -2.48. The molecule has 0 aliphatic carbocycles. The molecule has 0 bridgehead atoms. The Balaban J connectivity index is 0.000000271. The highest BCUT2D eigenvalue weighted by molar-refractivity contribution is 5.94. The number of ether oxygens (including phenoxy) is 1. The van der Waals surface area contributed by atoms with Crippen molar-refractivity contribution in [1.29, 1.82) is 5.41 Å². The van der Waals surface area contributed by atoms with Crippen molar-refractivity contribution >= 4 is 11.8 Å². The molecule has 8 nitrogen and oxygen atoms in total. The Morgan fingerprint density at radius 2 is 1.67 bits per heavy atom. The van der Waals surface area contributed by atoms with Crippen molar-refractivity contribution in [2.45, 2.75) is 71.5 Å². The molecule has 27 heavy (non-hydrogen) atoms. The zero-order valence-electron chi connectivity index (χ0n) is 18.3. The highest BCUT2D eigenvalue weighted by atomic mass is 16.5. The summed E-state index contributed by atoms with van der Waals surface area (Å²) in [5.74, 6) is 6.77. The summed E-state index contributed by atoms with van der Waals surface area (Å²) >= 11 is 0. The molecule has 158 valence electrons. The second kappa shape index (κ2) is 9.82. The molecule has 0 aromatic rings. The van der Waals surface area contributed by atoms with Crippen molar-refractivity contribution in [3.05, 3.63) is 0 Å². The number of amidine groups is 1. The summed E-state index contributed by atoms with van der Waals surface area (Å²) in [6.45, 7) is 15.7. The van der Waals surface area contributed by atoms with Crippen LogP contribution in [0.5, 0.6) is 0 Å². The Labute approximate surface area is 165 Å². The Morgan fingerprint density at radius 3 is 2.07 bits per heavy atom. The van der Waals surface area contributed by atoms with E-state index in [1.54, 1.807) is 0 Å². The van der Waals surface area contributed by atoms with Crippen molar-refractivity contribution in [2.75, 3.05) is 33.4 Å². The van der Waals surface area contributed by atoms with Gasteiger partial charge in [-0.05, 0) is 40.5 Å². The molecule has 2 aliphatic heterocycles. The van der Waals surface area contributed by atoms with Crippen LogP contribution in [0, 0.1) is 11.3 Å². The molecule has 0 atom stereocenters. The number of aliphatic imine (C=N–C) groups is 1. The maximum atomic E-state index is 7.71. The summed E-state index contributed by atoms with van der Waals surface area (Å²) in [7, 11) is 1.96. The molecular formula is C19H41N7O. The maximum Gasteiger partial charge on any atom is 0.219 e. The van der Waals surface area contributed by atoms with E-state index < -0.39 is 0 Å². The quantitative estimate of drug-likeness (QED) is 0.248. The standard InChI is InChI=1S/C10H23N3.C9H18N4O/c1-9(2)6-8(13(5)11)7-10(3,4)12-9;1-7(2)8(10)12-9(11)13-3-5-14-6-4-13/h8,12H,6-7,11H2,1-5H3;7H,3-6H2,1-2H3,(H3,10,11,12). The van der Waals surface area contributed by atoms with E-state index in [0.29, 0.717) is 25.1 Å². The Morgan fingerprint density at radius 1 is 1.19 bits per heavy atom. The maximum absolute atomic E-state index is 7.71. The molecular weight excluding hydrogens is 342 g/mol. The first kappa shape index (κ1) is 23.8. The van der Waals surface area contributed by atoms with Gasteiger partial charge in [0.2, 0.25) is 5.96 Å². The summed E-state index contributed by atoms with van der Waals surface area (Å²) in [6, 6.07) is 0.492. The first-order chi connectivity index (χ1) is 12.3. The molecule has 2 saturated heterocycles. The van der Waals surface area contributed by atoms with Gasteiger partial charge >= 0.3 is 0 Å². The molecule has 0 unspecified atom stereocenters. The first-order valence-electron chi connectivity index (χ1n) is 9.85. The molecule has 6 N–H and O–H groups in total. The molecule has 2 heterocycles. The Hall–Kier alpha value is -1.22. The van der Waals surface area contributed by atoms with Gasteiger partial charge in [0.05, 0.1) is 13.2 Å². The Bertz CT molecular complexity index is 492. The van der Waals surface area contributed by atoms with Crippen molar-refractivity contribution in [3.63, 3.8) is 0 Å². The average Bonchev–Trinajstić information content (AvgIpc) is 2.53. The highest BCUT2D eigenvalue weighted by Gasteiger charge is 2.38. The first-order valence-corrected chi connectivity index (χ1v) is 9.85. The predicted octanol–water partition coefficient (Wildman–Crippen LogP) is 1.37. The number of guanidine groups is 1. The summed E-state index contributed by atoms with van der Waals surface area (Å²) in [6.07, 6.45) is 2.23. The van der Waals surface area contributed by atoms with Crippen LogP contribution in [0.25, 0.3) is 0 Å². The zero-order valence-corrected chi connectivity index (χ0v) is 18.3. The zero-order chi connectivity index (χ0) is 20.8. The molecule has 0 aromatic heterocycles. The average molecular weight is 384 g/mol. The number of nitrogens with zero attached hydrogens (tertiary/aromatic N) is 3. The largest absolute Gasteiger partial charge is 0.387 e. The number of hydrazine groups is 1. The van der Waals surface area contributed by atoms with Gasteiger partial charge in [0.15, 0.2) is 0 Å². The molecule has 0 amide bonds. The van der Waals surface area contributed by atoms with Crippen LogP contribution in [0.1, 0.15) is 54.4 Å². The summed E-state index contributed by atoms with van der Waals surface area (Å²) in [4.78, 5) is 5.92. The molecule has 8 heteroatoms. The highest BCUT2D eigenvalue weighted by Crippen LogP contribution is 2.29. The number of morpholine rings is 1. The minimum atomic E-state index is 0.191. The lowest BCUT2D eigenvalue weighted by Crippen LogP contribution is -2.62. The molecule has 0 spiro atoms. The number of nitrogens with two attached hydrogens (primary N) is 2. The van der Waals surface area contributed by atoms with Crippen LogP contribution in [-0.2, 0) is 4.74 Å². The molecule has 2 aliphatic rings. The summed E-state index contributed by atoms with van der Waals surface area (Å²) in [5, 5.41) is 13.2. The number of hydrogen-bond acceptors (Lipinski definition) is 5. The number of nitrogens with one attached hydrogen (secondary N) is 2. The van der Waals surface area contributed by atoms with Crippen molar-refractivity contribution < 1.29 is 4.74 Å². The van der Waals surface area contributed by atoms with E-state index in [1.807, 2.05) is 30.8 Å². The van der Waals surface area contributed by atoms with Gasteiger partial charge in [-0.2, -0.15) is 0 Å². The van der Waals surface area contributed by atoms with Crippen LogP contribution < -0.4 is 16.9 Å². The smallest absolute Gasteiger partial charge is 0.219 e. The fourth-order valence-corrected chi connectivity index (χ4v) is 3.65. The van der Waals surface area contributed by atoms with Gasteiger partial charge in [-0.15, -0.1) is 0 Å². The minimum absolute atomic E-state index is 0.191. The third kappa shape index (κ3) is 8.55. The van der Waals surface area contributed by atoms with Gasteiger partial charge in [-0.3, -0.25) is 11.3 Å². The number of rotatable bonds is 2. The van der Waals surface area contributed by atoms with E-state index in [9.17, 15) is 0 Å². The van der Waals surface area contributed by atoms with Crippen LogP contribution in [-0.4, -0.2) is 72.2 Å². The second-order valence-electron chi connectivity index (χ2n) is 9.23. The fourth-order valence-electron chi connectivity index (χ4n) is 3.65. The molecule has 0 radical (unpaired) electrons. The minimum Gasteiger partial charge on any atom is -0.387 e. The van der Waals surface area contributed by atoms with Crippen molar-refractivity contribution in [1.82, 2.24) is 15.2 Å². The van der Waals surface area contributed by atoms with Crippen LogP contribution in [0.15, 0.2) is 4.99 Å². The van der Waals surface area contributed by atoms with E-state index in [0.717, 1.165) is 25.9 Å². The number of piperidine rings is 1. The van der Waals surface area contributed by atoms with E-state index in [4.69, 9.17) is 21.7 Å². The van der Waals surface area contributed by atoms with Crippen LogP contribution >= 0.6 is 0 Å². The third-order valence-corrected chi connectivity index (χ3v) is 4.88. The number of hydrogen-bond donors (Lipinski definition) is 4. The van der Waals surface area contributed by atoms with E-state index in [1.165, 1.54) is 0 Å². The van der Waals surface area contributed by atoms with Crippen LogP contribution in [0.2, 0.25) is 0 Å². The lowest BCUT2D eigenvalue weighted by molar-refractivity contribution is 0.0672. The van der Waals surface area contributed by atoms with E-state index >= 15 is 0 Å². The van der Waals surface area contributed by atoms with Crippen LogP contribution in [0.3, 0.4) is 0 Å². The topological polar surface area (TPSA) is 116 Å². The normalized spacial score (nSPS) is 23.2. The summed E-state index contributed by atoms with van der Waals surface area (Å²) < 4.78 is 5.18. The van der Waals surface area contributed by atoms with Crippen molar-refractivity contribution in [3.8, 4) is 0 Å². The van der Waals surface area contributed by atoms with Gasteiger partial charge in [0, 0.05) is 43.2 Å². The van der Waals surface area contributed by atoms with Gasteiger partial charge in [0.25, 0.3) is 0 Å².